The molecule has 0 unspecified atom stereocenters. The lowest BCUT2D eigenvalue weighted by molar-refractivity contribution is 0.660. The summed E-state index contributed by atoms with van der Waals surface area (Å²) in [6.45, 7) is 4.72. The van der Waals surface area contributed by atoms with Gasteiger partial charge in [0.25, 0.3) is 0 Å². The van der Waals surface area contributed by atoms with E-state index in [2.05, 4.69) is 170 Å². The van der Waals surface area contributed by atoms with Crippen LogP contribution in [0.5, 0.6) is 0 Å². The molecule has 2 nitrogen and oxygen atoms in total. The van der Waals surface area contributed by atoms with Gasteiger partial charge >= 0.3 is 0 Å². The van der Waals surface area contributed by atoms with E-state index in [1.54, 1.807) is 0 Å². The van der Waals surface area contributed by atoms with Gasteiger partial charge in [0.1, 0.15) is 11.2 Å². The predicted octanol–water partition coefficient (Wildman–Crippen LogP) is 15.3. The Morgan fingerprint density at radius 1 is 0.434 bits per heavy atom. The summed E-state index contributed by atoms with van der Waals surface area (Å²) in [5, 5.41) is 9.70. The van der Waals surface area contributed by atoms with Crippen molar-refractivity contribution < 1.29 is 4.42 Å². The van der Waals surface area contributed by atoms with Crippen LogP contribution in [0.4, 0.5) is 17.1 Å². The summed E-state index contributed by atoms with van der Waals surface area (Å²) in [7, 11) is 0. The summed E-state index contributed by atoms with van der Waals surface area (Å²) in [5.74, 6) is 0. The van der Waals surface area contributed by atoms with Crippen LogP contribution in [0.2, 0.25) is 0 Å². The average Bonchev–Trinajstić information content (AvgIpc) is 3.93. The molecule has 53 heavy (non-hydrogen) atoms. The topological polar surface area (TPSA) is 16.4 Å². The maximum atomic E-state index is 6.89. The van der Waals surface area contributed by atoms with Crippen molar-refractivity contribution in [1.29, 1.82) is 0 Å². The molecule has 3 aromatic heterocycles. The molecular weight excluding hydrogens is 683 g/mol. The van der Waals surface area contributed by atoms with Gasteiger partial charge in [-0.05, 0) is 94.4 Å². The van der Waals surface area contributed by atoms with Crippen LogP contribution in [-0.2, 0) is 5.41 Å². The lowest BCUT2D eigenvalue weighted by atomic mass is 9.82. The Hall–Kier alpha value is -5.94. The zero-order valence-electron chi connectivity index (χ0n) is 29.1. The molecule has 4 heteroatoms. The lowest BCUT2D eigenvalue weighted by Crippen LogP contribution is -2.16. The first kappa shape index (κ1) is 29.6. The summed E-state index contributed by atoms with van der Waals surface area (Å²) in [6, 6.07) is 56.2. The molecule has 0 saturated heterocycles. The maximum absolute atomic E-state index is 6.89. The second-order valence-corrected chi connectivity index (χ2v) is 17.0. The molecule has 0 radical (unpaired) electrons. The van der Waals surface area contributed by atoms with Crippen LogP contribution in [-0.4, -0.2) is 0 Å². The van der Waals surface area contributed by atoms with Crippen molar-refractivity contribution in [2.24, 2.45) is 0 Å². The second kappa shape index (κ2) is 10.6. The largest absolute Gasteiger partial charge is 0.455 e. The Morgan fingerprint density at radius 2 is 1.06 bits per heavy atom. The first-order chi connectivity index (χ1) is 26.0. The number of thiophene rings is 2. The normalized spacial score (nSPS) is 13.6. The van der Waals surface area contributed by atoms with Crippen LogP contribution in [0.15, 0.2) is 156 Å². The molecule has 250 valence electrons. The fourth-order valence-corrected chi connectivity index (χ4v) is 11.3. The van der Waals surface area contributed by atoms with E-state index in [-0.39, 0.29) is 5.41 Å². The van der Waals surface area contributed by atoms with E-state index in [0.717, 1.165) is 44.4 Å². The molecular formula is C49H31NOS2. The fourth-order valence-electron chi connectivity index (χ4n) is 9.08. The molecule has 0 bridgehead atoms. The van der Waals surface area contributed by atoms with E-state index < -0.39 is 0 Å². The molecule has 0 aliphatic heterocycles. The van der Waals surface area contributed by atoms with Crippen LogP contribution in [0.1, 0.15) is 25.0 Å². The molecule has 12 rings (SSSR count). The minimum atomic E-state index is -0.104. The monoisotopic (exact) mass is 713 g/mol. The number of furan rings is 1. The fraction of sp³-hybridized carbons (Fsp3) is 0.0612. The van der Waals surface area contributed by atoms with Crippen molar-refractivity contribution in [2.45, 2.75) is 19.3 Å². The van der Waals surface area contributed by atoms with Gasteiger partial charge in [-0.2, -0.15) is 0 Å². The Balaban J connectivity index is 1.11. The zero-order chi connectivity index (χ0) is 35.0. The maximum Gasteiger partial charge on any atom is 0.144 e. The number of hydrogen-bond donors (Lipinski definition) is 0. The molecule has 1 aliphatic rings. The summed E-state index contributed by atoms with van der Waals surface area (Å²) in [4.78, 5) is 2.46. The van der Waals surface area contributed by atoms with Crippen molar-refractivity contribution in [3.05, 3.63) is 163 Å². The van der Waals surface area contributed by atoms with Crippen molar-refractivity contribution in [3.63, 3.8) is 0 Å². The highest BCUT2D eigenvalue weighted by molar-refractivity contribution is 7.26. The van der Waals surface area contributed by atoms with E-state index in [1.807, 2.05) is 22.7 Å². The number of nitrogens with zero attached hydrogens (tertiary/aromatic N) is 1. The summed E-state index contributed by atoms with van der Waals surface area (Å²) < 4.78 is 12.0. The third kappa shape index (κ3) is 4.08. The van der Waals surface area contributed by atoms with E-state index in [4.69, 9.17) is 4.42 Å². The van der Waals surface area contributed by atoms with Gasteiger partial charge in [-0.25, -0.2) is 0 Å². The van der Waals surface area contributed by atoms with Gasteiger partial charge in [-0.15, -0.1) is 22.7 Å². The van der Waals surface area contributed by atoms with Crippen molar-refractivity contribution >= 4 is 113 Å². The minimum absolute atomic E-state index is 0.104. The van der Waals surface area contributed by atoms with Crippen LogP contribution < -0.4 is 4.90 Å². The average molecular weight is 714 g/mol. The number of hydrogen-bond acceptors (Lipinski definition) is 4. The highest BCUT2D eigenvalue weighted by Gasteiger charge is 2.35. The van der Waals surface area contributed by atoms with E-state index in [0.29, 0.717) is 0 Å². The zero-order valence-corrected chi connectivity index (χ0v) is 30.7. The molecule has 0 spiro atoms. The van der Waals surface area contributed by atoms with Gasteiger partial charge in [0.15, 0.2) is 0 Å². The van der Waals surface area contributed by atoms with Gasteiger partial charge in [0, 0.05) is 79.0 Å². The Morgan fingerprint density at radius 3 is 2.00 bits per heavy atom. The van der Waals surface area contributed by atoms with Gasteiger partial charge < -0.3 is 9.32 Å². The van der Waals surface area contributed by atoms with Crippen molar-refractivity contribution in [1.82, 2.24) is 0 Å². The third-order valence-electron chi connectivity index (χ3n) is 11.6. The smallest absolute Gasteiger partial charge is 0.144 e. The van der Waals surface area contributed by atoms with Gasteiger partial charge in [0.2, 0.25) is 0 Å². The first-order valence-electron chi connectivity index (χ1n) is 18.2. The van der Waals surface area contributed by atoms with Gasteiger partial charge in [0.05, 0.1) is 0 Å². The summed E-state index contributed by atoms with van der Waals surface area (Å²) in [6.07, 6.45) is 0. The number of fused-ring (bicyclic) bond motifs is 15. The van der Waals surface area contributed by atoms with E-state index >= 15 is 0 Å². The molecule has 0 N–H and O–H groups in total. The third-order valence-corrected chi connectivity index (χ3v) is 13.9. The standard InChI is InChI=1S/C49H31NOS2/c1-49(2)40-13-7-5-11-33(40)34-20-16-30(26-41(34)49)50(31-17-21-36-35-12-6-8-14-42(35)53-45(36)27-31)29-18-23-43-39(25-29)46-44(52-43)24-22-38-37-19-15-28-9-3-4-10-32(28)47(37)51-48(38)46/h3-27H,1-2H3. The SMILES string of the molecule is CC1(C)c2ccccc2-c2ccc(N(c3ccc4c(c3)sc3ccccc34)c3ccc4sc5ccc6c7ccc8ccccc8c7oc6c5c4c3)cc21. The quantitative estimate of drug-likeness (QED) is 0.181. The molecule has 0 fully saturated rings. The molecule has 0 saturated carbocycles. The minimum Gasteiger partial charge on any atom is -0.455 e. The Bertz CT molecular complexity index is 3340. The molecule has 0 atom stereocenters. The predicted molar refractivity (Wildman–Crippen MR) is 229 cm³/mol. The molecule has 3 heterocycles. The first-order valence-corrected chi connectivity index (χ1v) is 19.8. The Labute approximate surface area is 313 Å². The summed E-state index contributed by atoms with van der Waals surface area (Å²) in [5.41, 5.74) is 10.7. The molecule has 0 amide bonds. The van der Waals surface area contributed by atoms with Crippen molar-refractivity contribution in [3.8, 4) is 11.1 Å². The van der Waals surface area contributed by atoms with Gasteiger partial charge in [-0.1, -0.05) is 98.8 Å². The van der Waals surface area contributed by atoms with E-state index in [1.165, 1.54) is 68.0 Å². The summed E-state index contributed by atoms with van der Waals surface area (Å²) >= 11 is 3.71. The van der Waals surface area contributed by atoms with Crippen LogP contribution in [0, 0.1) is 0 Å². The van der Waals surface area contributed by atoms with Crippen LogP contribution in [0.3, 0.4) is 0 Å². The molecule has 1 aliphatic carbocycles. The lowest BCUT2D eigenvalue weighted by Gasteiger charge is -2.28. The molecule has 8 aromatic carbocycles. The van der Waals surface area contributed by atoms with Crippen molar-refractivity contribution in [2.75, 3.05) is 4.90 Å². The van der Waals surface area contributed by atoms with Gasteiger partial charge in [-0.3, -0.25) is 0 Å². The highest BCUT2D eigenvalue weighted by Crippen LogP contribution is 2.52. The number of rotatable bonds is 3. The number of anilines is 3. The van der Waals surface area contributed by atoms with Crippen LogP contribution in [0.25, 0.3) is 84.2 Å². The molecule has 11 aromatic rings. The second-order valence-electron chi connectivity index (χ2n) is 14.9. The Kier molecular flexibility index (Phi) is 5.91. The van der Waals surface area contributed by atoms with Crippen LogP contribution >= 0.6 is 22.7 Å². The highest BCUT2D eigenvalue weighted by atomic mass is 32.1. The van der Waals surface area contributed by atoms with E-state index in [9.17, 15) is 0 Å². The number of benzene rings is 8.